The van der Waals surface area contributed by atoms with Gasteiger partial charge in [-0.15, -0.1) is 0 Å². The average molecular weight is 437 g/mol. The first-order valence-corrected chi connectivity index (χ1v) is 10.9. The van der Waals surface area contributed by atoms with Gasteiger partial charge in [-0.1, -0.05) is 17.7 Å². The zero-order valence-corrected chi connectivity index (χ0v) is 16.5. The molecule has 3 aromatic rings. The molecule has 0 saturated heterocycles. The van der Waals surface area contributed by atoms with Crippen molar-refractivity contribution in [2.75, 3.05) is 5.32 Å². The van der Waals surface area contributed by atoms with Crippen LogP contribution in [0.3, 0.4) is 0 Å². The second-order valence-corrected chi connectivity index (χ2v) is 9.13. The van der Waals surface area contributed by atoms with Crippen LogP contribution in [0.1, 0.15) is 15.9 Å². The van der Waals surface area contributed by atoms with E-state index in [1.165, 1.54) is 6.07 Å². The minimum absolute atomic E-state index is 0.0780. The summed E-state index contributed by atoms with van der Waals surface area (Å²) in [5, 5.41) is 12.5. The summed E-state index contributed by atoms with van der Waals surface area (Å²) in [6.07, 6.45) is 0. The van der Waals surface area contributed by atoms with Crippen molar-refractivity contribution in [1.82, 2.24) is 0 Å². The molecule has 3 aromatic carbocycles. The largest absolute Gasteiger partial charge is 0.507 e. The summed E-state index contributed by atoms with van der Waals surface area (Å²) >= 11 is 0. The van der Waals surface area contributed by atoms with Crippen molar-refractivity contribution >= 4 is 42.6 Å². The molecule has 9 nitrogen and oxygen atoms in total. The van der Waals surface area contributed by atoms with Crippen LogP contribution in [-0.4, -0.2) is 37.0 Å². The van der Waals surface area contributed by atoms with Crippen molar-refractivity contribution in [3.63, 3.8) is 0 Å². The number of carbonyl (C=O) groups is 1. The van der Waals surface area contributed by atoms with Crippen molar-refractivity contribution in [1.29, 1.82) is 0 Å². The van der Waals surface area contributed by atoms with Crippen molar-refractivity contribution in [3.05, 3.63) is 59.7 Å². The highest BCUT2D eigenvalue weighted by atomic mass is 32.2. The minimum atomic E-state index is -4.73. The van der Waals surface area contributed by atoms with Crippen LogP contribution in [0.4, 0.5) is 5.69 Å². The number of rotatable bonds is 4. The number of anilines is 1. The highest BCUT2D eigenvalue weighted by Gasteiger charge is 2.21. The molecule has 11 heteroatoms. The normalized spacial score (nSPS) is 12.1. The molecule has 0 saturated carbocycles. The fourth-order valence-electron chi connectivity index (χ4n) is 2.82. The molecular weight excluding hydrogens is 422 g/mol. The number of aromatic hydroxyl groups is 1. The quantitative estimate of drug-likeness (QED) is 0.453. The third kappa shape index (κ3) is 4.38. The van der Waals surface area contributed by atoms with Gasteiger partial charge >= 0.3 is 0 Å². The average Bonchev–Trinajstić information content (AvgIpc) is 2.59. The summed E-state index contributed by atoms with van der Waals surface area (Å²) in [6.45, 7) is 1.77. The maximum Gasteiger partial charge on any atom is 0.294 e. The zero-order valence-electron chi connectivity index (χ0n) is 14.8. The van der Waals surface area contributed by atoms with Gasteiger partial charge in [-0.3, -0.25) is 13.9 Å². The van der Waals surface area contributed by atoms with E-state index < -0.39 is 41.7 Å². The summed E-state index contributed by atoms with van der Waals surface area (Å²) in [6, 6.07) is 10.0. The van der Waals surface area contributed by atoms with E-state index in [9.17, 15) is 35.8 Å². The van der Waals surface area contributed by atoms with Crippen molar-refractivity contribution in [2.45, 2.75) is 16.7 Å². The number of phenolic OH excluding ortho intramolecular Hbond substituents is 1. The van der Waals surface area contributed by atoms with E-state index in [1.807, 2.05) is 0 Å². The Morgan fingerprint density at radius 1 is 0.897 bits per heavy atom. The van der Waals surface area contributed by atoms with E-state index >= 15 is 0 Å². The van der Waals surface area contributed by atoms with Crippen LogP contribution >= 0.6 is 0 Å². The maximum atomic E-state index is 12.6. The molecule has 0 aliphatic rings. The Bertz CT molecular complexity index is 1360. The van der Waals surface area contributed by atoms with Gasteiger partial charge in [-0.25, -0.2) is 0 Å². The number of nitrogens with one attached hydrogen (secondary N) is 1. The molecule has 0 unspecified atom stereocenters. The van der Waals surface area contributed by atoms with Crippen LogP contribution in [0.25, 0.3) is 10.8 Å². The van der Waals surface area contributed by atoms with Gasteiger partial charge in [0.15, 0.2) is 0 Å². The Labute approximate surface area is 166 Å². The lowest BCUT2D eigenvalue weighted by atomic mass is 10.1. The molecule has 0 radical (unpaired) electrons. The van der Waals surface area contributed by atoms with Crippen LogP contribution < -0.4 is 5.32 Å². The number of benzene rings is 3. The van der Waals surface area contributed by atoms with Gasteiger partial charge in [0.2, 0.25) is 0 Å². The second-order valence-electron chi connectivity index (χ2n) is 6.29. The molecule has 0 aliphatic heterocycles. The molecule has 0 aliphatic carbocycles. The predicted molar refractivity (Wildman–Crippen MR) is 104 cm³/mol. The predicted octanol–water partition coefficient (Wildman–Crippen LogP) is 2.60. The number of hydrogen-bond acceptors (Lipinski definition) is 6. The fourth-order valence-corrected chi connectivity index (χ4v) is 3.89. The van der Waals surface area contributed by atoms with Crippen molar-refractivity contribution in [3.8, 4) is 5.75 Å². The van der Waals surface area contributed by atoms with Crippen LogP contribution in [-0.2, 0) is 20.2 Å². The molecule has 0 heterocycles. The van der Waals surface area contributed by atoms with Gasteiger partial charge in [-0.2, -0.15) is 16.8 Å². The number of hydrogen-bond donors (Lipinski definition) is 4. The first kappa shape index (κ1) is 20.7. The SMILES string of the molecule is Cc1cccc(C(=O)Nc2cc(S(=O)(=O)O)cc3cc(S(=O)(=O)O)cc(O)c23)c1. The van der Waals surface area contributed by atoms with Crippen molar-refractivity contribution in [2.24, 2.45) is 0 Å². The van der Waals surface area contributed by atoms with Gasteiger partial charge in [0.1, 0.15) is 5.75 Å². The van der Waals surface area contributed by atoms with E-state index in [1.54, 1.807) is 25.1 Å². The summed E-state index contributed by atoms with van der Waals surface area (Å²) in [7, 11) is -9.44. The van der Waals surface area contributed by atoms with Crippen LogP contribution in [0.15, 0.2) is 58.3 Å². The Hall–Kier alpha value is -2.99. The summed E-state index contributed by atoms with van der Waals surface area (Å²) in [5.74, 6) is -1.25. The molecule has 29 heavy (non-hydrogen) atoms. The molecule has 0 fully saturated rings. The number of aryl methyl sites for hydroxylation is 1. The highest BCUT2D eigenvalue weighted by Crippen LogP contribution is 2.36. The summed E-state index contributed by atoms with van der Waals surface area (Å²) in [5.41, 5.74) is 0.875. The lowest BCUT2D eigenvalue weighted by Crippen LogP contribution is -2.13. The topological polar surface area (TPSA) is 158 Å². The van der Waals surface area contributed by atoms with Gasteiger partial charge in [0, 0.05) is 17.0 Å². The number of phenols is 1. The van der Waals surface area contributed by atoms with E-state index in [4.69, 9.17) is 0 Å². The van der Waals surface area contributed by atoms with Gasteiger partial charge in [-0.05, 0) is 42.6 Å². The maximum absolute atomic E-state index is 12.6. The molecule has 0 aromatic heterocycles. The minimum Gasteiger partial charge on any atom is -0.507 e. The summed E-state index contributed by atoms with van der Waals surface area (Å²) in [4.78, 5) is 11.2. The van der Waals surface area contributed by atoms with Crippen LogP contribution in [0.2, 0.25) is 0 Å². The fraction of sp³-hybridized carbons (Fsp3) is 0.0556. The third-order valence-corrected chi connectivity index (χ3v) is 5.76. The smallest absolute Gasteiger partial charge is 0.294 e. The molecule has 152 valence electrons. The van der Waals surface area contributed by atoms with Crippen LogP contribution in [0, 0.1) is 6.92 Å². The summed E-state index contributed by atoms with van der Waals surface area (Å²) < 4.78 is 64.6. The number of carbonyl (C=O) groups excluding carboxylic acids is 1. The molecule has 3 rings (SSSR count). The van der Waals surface area contributed by atoms with Gasteiger partial charge in [0.05, 0.1) is 15.5 Å². The molecule has 4 N–H and O–H groups in total. The standard InChI is InChI=1S/C18H15NO8S2/c1-10-3-2-4-11(5-10)18(21)19-15-8-13(28(22,23)24)6-12-7-14(29(25,26)27)9-16(20)17(12)15/h2-9,20H,1H3,(H,19,21)(H,22,23,24)(H,25,26,27). The molecule has 0 atom stereocenters. The van der Waals surface area contributed by atoms with Gasteiger partial charge in [0.25, 0.3) is 26.1 Å². The van der Waals surface area contributed by atoms with E-state index in [0.717, 1.165) is 29.8 Å². The van der Waals surface area contributed by atoms with E-state index in [2.05, 4.69) is 5.32 Å². The van der Waals surface area contributed by atoms with Crippen molar-refractivity contribution < 1.29 is 35.8 Å². The lowest BCUT2D eigenvalue weighted by Gasteiger charge is -2.13. The first-order valence-electron chi connectivity index (χ1n) is 8.00. The van der Waals surface area contributed by atoms with E-state index in [-0.39, 0.29) is 22.0 Å². The third-order valence-electron chi connectivity index (χ3n) is 4.10. The molecule has 0 spiro atoms. The molecule has 0 bridgehead atoms. The second kappa shape index (κ2) is 7.12. The van der Waals surface area contributed by atoms with Crippen LogP contribution in [0.5, 0.6) is 5.75 Å². The monoisotopic (exact) mass is 437 g/mol. The Morgan fingerprint density at radius 2 is 1.48 bits per heavy atom. The molecular formula is C18H15NO8S2. The first-order chi connectivity index (χ1) is 13.4. The Balaban J connectivity index is 2.25. The van der Waals surface area contributed by atoms with Gasteiger partial charge < -0.3 is 10.4 Å². The lowest BCUT2D eigenvalue weighted by molar-refractivity contribution is 0.102. The highest BCUT2D eigenvalue weighted by molar-refractivity contribution is 7.86. The Morgan fingerprint density at radius 3 is 2.03 bits per heavy atom. The number of fused-ring (bicyclic) bond motifs is 1. The molecule has 1 amide bonds. The Kier molecular flexibility index (Phi) is 5.09. The zero-order chi connectivity index (χ0) is 21.6. The number of amides is 1. The van der Waals surface area contributed by atoms with E-state index in [0.29, 0.717) is 0 Å².